The highest BCUT2D eigenvalue weighted by molar-refractivity contribution is 7.85. The fourth-order valence-corrected chi connectivity index (χ4v) is 5.66. The van der Waals surface area contributed by atoms with Crippen molar-refractivity contribution in [2.75, 3.05) is 20.2 Å². The summed E-state index contributed by atoms with van der Waals surface area (Å²) in [4.78, 5) is 14.5. The number of hydrogen-bond donors (Lipinski definition) is 2. The van der Waals surface area contributed by atoms with Gasteiger partial charge >= 0.3 is 0 Å². The summed E-state index contributed by atoms with van der Waals surface area (Å²) >= 11 is 0. The molecule has 36 heavy (non-hydrogen) atoms. The SMILES string of the molecule is COCc1cc(C)c([C@@H]2CN[C@H](C(=O)N3CCC[C@H]3C#N)C2)c(C)c1.Cc1ccc(S(=O)(=O)O)cc1. The number of carbonyl (C=O) groups excluding carboxylic acids is 1. The number of nitriles is 1. The Bertz CT molecular complexity index is 1200. The zero-order valence-electron chi connectivity index (χ0n) is 21.3. The zero-order chi connectivity index (χ0) is 26.5. The number of ether oxygens (including phenoxy) is 1. The van der Waals surface area contributed by atoms with Crippen molar-refractivity contribution >= 4 is 16.0 Å². The molecule has 2 aromatic rings. The Balaban J connectivity index is 0.000000275. The molecule has 0 spiro atoms. The lowest BCUT2D eigenvalue weighted by molar-refractivity contribution is -0.133. The van der Waals surface area contributed by atoms with E-state index in [1.54, 1.807) is 24.1 Å². The fourth-order valence-electron chi connectivity index (χ4n) is 5.18. The minimum absolute atomic E-state index is 0.0666. The molecule has 2 aliphatic rings. The van der Waals surface area contributed by atoms with Gasteiger partial charge in [-0.3, -0.25) is 9.35 Å². The van der Waals surface area contributed by atoms with Gasteiger partial charge < -0.3 is 15.0 Å². The largest absolute Gasteiger partial charge is 0.380 e. The first-order valence-electron chi connectivity index (χ1n) is 12.1. The van der Waals surface area contributed by atoms with E-state index in [0.29, 0.717) is 19.1 Å². The highest BCUT2D eigenvalue weighted by atomic mass is 32.2. The summed E-state index contributed by atoms with van der Waals surface area (Å²) in [6.07, 6.45) is 2.54. The van der Waals surface area contributed by atoms with E-state index in [1.807, 2.05) is 6.92 Å². The van der Waals surface area contributed by atoms with E-state index >= 15 is 0 Å². The van der Waals surface area contributed by atoms with Gasteiger partial charge in [-0.05, 0) is 80.3 Å². The van der Waals surface area contributed by atoms with Gasteiger partial charge in [0.25, 0.3) is 10.1 Å². The molecular weight excluding hydrogens is 478 g/mol. The number of carbonyl (C=O) groups is 1. The normalized spacial score (nSPS) is 21.6. The molecule has 0 radical (unpaired) electrons. The van der Waals surface area contributed by atoms with Crippen LogP contribution >= 0.6 is 0 Å². The molecule has 2 N–H and O–H groups in total. The summed E-state index contributed by atoms with van der Waals surface area (Å²) in [6, 6.07) is 12.2. The first-order valence-corrected chi connectivity index (χ1v) is 13.6. The van der Waals surface area contributed by atoms with Gasteiger partial charge in [0.1, 0.15) is 6.04 Å². The second kappa shape index (κ2) is 12.0. The highest BCUT2D eigenvalue weighted by Crippen LogP contribution is 2.33. The van der Waals surface area contributed by atoms with Gasteiger partial charge in [-0.25, -0.2) is 0 Å². The van der Waals surface area contributed by atoms with Crippen molar-refractivity contribution in [1.29, 1.82) is 5.26 Å². The summed E-state index contributed by atoms with van der Waals surface area (Å²) in [6.45, 7) is 8.27. The quantitative estimate of drug-likeness (QED) is 0.586. The van der Waals surface area contributed by atoms with Crippen LogP contribution in [0.1, 0.15) is 53.0 Å². The molecule has 2 aliphatic heterocycles. The maximum absolute atomic E-state index is 12.8. The Morgan fingerprint density at radius 3 is 2.39 bits per heavy atom. The van der Waals surface area contributed by atoms with Crippen LogP contribution in [0.2, 0.25) is 0 Å². The molecule has 1 amide bonds. The van der Waals surface area contributed by atoms with Gasteiger partial charge in [0.2, 0.25) is 5.91 Å². The van der Waals surface area contributed by atoms with E-state index in [2.05, 4.69) is 37.4 Å². The van der Waals surface area contributed by atoms with E-state index in [-0.39, 0.29) is 22.9 Å². The van der Waals surface area contributed by atoms with Crippen LogP contribution < -0.4 is 5.32 Å². The Hall–Kier alpha value is -2.77. The number of rotatable bonds is 5. The molecule has 0 unspecified atom stereocenters. The Morgan fingerprint density at radius 1 is 1.19 bits per heavy atom. The van der Waals surface area contributed by atoms with Crippen LogP contribution in [0.15, 0.2) is 41.3 Å². The molecule has 4 rings (SSSR count). The molecule has 9 heteroatoms. The number of benzene rings is 2. The standard InChI is InChI=1S/C20H27N3O2.C7H8O3S/c1-13-7-15(12-25-3)8-14(2)19(13)16-9-18(22-11-16)20(24)23-6-4-5-17(23)10-21;1-6-2-4-7(5-3-6)11(8,9)10/h7-8,16-18,22H,4-6,9,11-12H2,1-3H3;2-5H,1H3,(H,8,9,10)/t16-,17-,18-;/m0./s1. The van der Waals surface area contributed by atoms with Crippen LogP contribution in [0.3, 0.4) is 0 Å². The lowest BCUT2D eigenvalue weighted by atomic mass is 9.87. The lowest BCUT2D eigenvalue weighted by Gasteiger charge is -2.23. The Labute approximate surface area is 214 Å². The molecule has 2 aromatic carbocycles. The van der Waals surface area contributed by atoms with Gasteiger partial charge in [-0.15, -0.1) is 0 Å². The van der Waals surface area contributed by atoms with Crippen LogP contribution in [0.5, 0.6) is 0 Å². The molecular formula is C27H35N3O5S. The van der Waals surface area contributed by atoms with Crippen LogP contribution in [-0.2, 0) is 26.3 Å². The van der Waals surface area contributed by atoms with Crippen molar-refractivity contribution in [2.45, 2.75) is 69.5 Å². The average molecular weight is 514 g/mol. The smallest absolute Gasteiger partial charge is 0.294 e. The molecule has 0 saturated carbocycles. The number of aryl methyl sites for hydroxylation is 3. The van der Waals surface area contributed by atoms with Crippen molar-refractivity contribution in [2.24, 2.45) is 0 Å². The molecule has 3 atom stereocenters. The van der Waals surface area contributed by atoms with E-state index < -0.39 is 10.1 Å². The number of nitrogens with one attached hydrogen (secondary N) is 1. The highest BCUT2D eigenvalue weighted by Gasteiger charge is 2.38. The topological polar surface area (TPSA) is 120 Å². The summed E-state index contributed by atoms with van der Waals surface area (Å²) in [5.41, 5.74) is 6.03. The second-order valence-electron chi connectivity index (χ2n) is 9.58. The van der Waals surface area contributed by atoms with Crippen molar-refractivity contribution in [3.05, 3.63) is 64.2 Å². The number of hydrogen-bond acceptors (Lipinski definition) is 6. The molecule has 8 nitrogen and oxygen atoms in total. The van der Waals surface area contributed by atoms with E-state index in [9.17, 15) is 18.5 Å². The maximum atomic E-state index is 12.8. The second-order valence-corrected chi connectivity index (χ2v) is 11.0. The van der Waals surface area contributed by atoms with Gasteiger partial charge in [-0.2, -0.15) is 13.7 Å². The summed E-state index contributed by atoms with van der Waals surface area (Å²) in [5.74, 6) is 0.437. The summed E-state index contributed by atoms with van der Waals surface area (Å²) < 4.78 is 34.8. The lowest BCUT2D eigenvalue weighted by Crippen LogP contribution is -2.45. The first-order chi connectivity index (χ1) is 17.0. The third kappa shape index (κ3) is 6.71. The van der Waals surface area contributed by atoms with Crippen LogP contribution in [-0.4, -0.2) is 56.1 Å². The molecule has 0 aromatic heterocycles. The third-order valence-electron chi connectivity index (χ3n) is 6.81. The van der Waals surface area contributed by atoms with Gasteiger partial charge in [0.15, 0.2) is 0 Å². The van der Waals surface area contributed by atoms with E-state index in [4.69, 9.17) is 9.29 Å². The van der Waals surface area contributed by atoms with E-state index in [0.717, 1.165) is 31.4 Å². The number of amides is 1. The third-order valence-corrected chi connectivity index (χ3v) is 7.67. The molecule has 0 aliphatic carbocycles. The average Bonchev–Trinajstić information content (AvgIpc) is 3.48. The Kier molecular flexibility index (Phi) is 9.25. The minimum Gasteiger partial charge on any atom is -0.380 e. The molecule has 0 bridgehead atoms. The minimum atomic E-state index is -4.02. The zero-order valence-corrected chi connectivity index (χ0v) is 22.1. The van der Waals surface area contributed by atoms with Gasteiger partial charge in [0.05, 0.1) is 23.6 Å². The molecule has 2 saturated heterocycles. The first kappa shape index (κ1) is 27.8. The van der Waals surface area contributed by atoms with Crippen LogP contribution in [0, 0.1) is 32.1 Å². The van der Waals surface area contributed by atoms with E-state index in [1.165, 1.54) is 34.4 Å². The number of methoxy groups -OCH3 is 1. The maximum Gasteiger partial charge on any atom is 0.294 e. The number of nitrogens with zero attached hydrogens (tertiary/aromatic N) is 2. The van der Waals surface area contributed by atoms with Gasteiger partial charge in [0, 0.05) is 20.2 Å². The van der Waals surface area contributed by atoms with Crippen molar-refractivity contribution in [3.8, 4) is 6.07 Å². The molecule has 2 heterocycles. The van der Waals surface area contributed by atoms with Crippen LogP contribution in [0.25, 0.3) is 0 Å². The van der Waals surface area contributed by atoms with Crippen molar-refractivity contribution < 1.29 is 22.5 Å². The monoisotopic (exact) mass is 513 g/mol. The Morgan fingerprint density at radius 2 is 1.83 bits per heavy atom. The van der Waals surface area contributed by atoms with Crippen LogP contribution in [0.4, 0.5) is 0 Å². The summed E-state index contributed by atoms with van der Waals surface area (Å²) in [5, 5.41) is 12.6. The molecule has 194 valence electrons. The molecule has 2 fully saturated rings. The number of likely N-dealkylation sites (tertiary alicyclic amines) is 1. The predicted octanol–water partition coefficient (Wildman–Crippen LogP) is 3.65. The van der Waals surface area contributed by atoms with Crippen molar-refractivity contribution in [1.82, 2.24) is 10.2 Å². The fraction of sp³-hybridized carbons (Fsp3) is 0.481. The van der Waals surface area contributed by atoms with Crippen molar-refractivity contribution in [3.63, 3.8) is 0 Å². The predicted molar refractivity (Wildman–Crippen MR) is 137 cm³/mol. The summed E-state index contributed by atoms with van der Waals surface area (Å²) in [7, 11) is -2.31. The van der Waals surface area contributed by atoms with Gasteiger partial charge in [-0.1, -0.05) is 29.8 Å².